The van der Waals surface area contributed by atoms with Crippen LogP contribution in [0.5, 0.6) is 5.75 Å². The summed E-state index contributed by atoms with van der Waals surface area (Å²) < 4.78 is 5.42. The second kappa shape index (κ2) is 4.61. The molecular weight excluding hydrogens is 202 g/mol. The van der Waals surface area contributed by atoms with Crippen LogP contribution in [-0.2, 0) is 0 Å². The van der Waals surface area contributed by atoms with E-state index >= 15 is 0 Å². The molecule has 0 bridgehead atoms. The van der Waals surface area contributed by atoms with Crippen molar-refractivity contribution in [3.63, 3.8) is 0 Å². The molecule has 0 saturated heterocycles. The maximum Gasteiger partial charge on any atom is 0.127 e. The molecule has 0 unspecified atom stereocenters. The van der Waals surface area contributed by atoms with Gasteiger partial charge in [0, 0.05) is 11.6 Å². The minimum absolute atomic E-state index is 0.465. The Hall–Kier alpha value is -2.10. The third kappa shape index (κ3) is 2.28. The van der Waals surface area contributed by atoms with E-state index in [1.807, 2.05) is 31.2 Å². The van der Waals surface area contributed by atoms with E-state index in [1.165, 1.54) is 6.33 Å². The van der Waals surface area contributed by atoms with E-state index in [0.29, 0.717) is 12.4 Å². The van der Waals surface area contributed by atoms with Crippen molar-refractivity contribution in [3.05, 3.63) is 36.7 Å². The van der Waals surface area contributed by atoms with Crippen LogP contribution in [0.1, 0.15) is 6.92 Å². The lowest BCUT2D eigenvalue weighted by Gasteiger charge is -2.05. The van der Waals surface area contributed by atoms with Crippen molar-refractivity contribution in [1.29, 1.82) is 0 Å². The molecule has 4 heteroatoms. The first-order valence-electron chi connectivity index (χ1n) is 5.10. The van der Waals surface area contributed by atoms with E-state index in [2.05, 4.69) is 9.97 Å². The molecule has 0 aliphatic rings. The molecule has 0 amide bonds. The average Bonchev–Trinajstić information content (AvgIpc) is 2.30. The first-order chi connectivity index (χ1) is 7.79. The highest BCUT2D eigenvalue weighted by atomic mass is 16.5. The van der Waals surface area contributed by atoms with Crippen LogP contribution in [0.3, 0.4) is 0 Å². The van der Waals surface area contributed by atoms with Gasteiger partial charge in [-0.05, 0) is 19.1 Å². The molecule has 2 N–H and O–H groups in total. The Morgan fingerprint density at radius 1 is 1.25 bits per heavy atom. The Labute approximate surface area is 94.1 Å². The van der Waals surface area contributed by atoms with Gasteiger partial charge in [-0.3, -0.25) is 0 Å². The second-order valence-corrected chi connectivity index (χ2v) is 3.29. The van der Waals surface area contributed by atoms with Crippen molar-refractivity contribution in [1.82, 2.24) is 9.97 Å². The molecule has 1 heterocycles. The molecule has 0 spiro atoms. The van der Waals surface area contributed by atoms with E-state index in [0.717, 1.165) is 17.0 Å². The first-order valence-corrected chi connectivity index (χ1v) is 5.10. The number of hydrogen-bond acceptors (Lipinski definition) is 4. The van der Waals surface area contributed by atoms with Crippen LogP contribution < -0.4 is 10.5 Å². The molecule has 16 heavy (non-hydrogen) atoms. The fraction of sp³-hybridized carbons (Fsp3) is 0.167. The zero-order valence-electron chi connectivity index (χ0n) is 9.05. The largest absolute Gasteiger partial charge is 0.494 e. The number of anilines is 1. The molecular formula is C12H13N3O. The Morgan fingerprint density at radius 2 is 2.12 bits per heavy atom. The van der Waals surface area contributed by atoms with Crippen LogP contribution in [-0.4, -0.2) is 16.6 Å². The number of ether oxygens (including phenoxy) is 1. The van der Waals surface area contributed by atoms with Crippen molar-refractivity contribution in [3.8, 4) is 17.0 Å². The van der Waals surface area contributed by atoms with Gasteiger partial charge in [-0.15, -0.1) is 0 Å². The van der Waals surface area contributed by atoms with Gasteiger partial charge in [0.2, 0.25) is 0 Å². The van der Waals surface area contributed by atoms with Crippen LogP contribution in [0.4, 0.5) is 5.82 Å². The average molecular weight is 215 g/mol. The minimum Gasteiger partial charge on any atom is -0.494 e. The number of hydrogen-bond donors (Lipinski definition) is 1. The minimum atomic E-state index is 0.465. The molecule has 0 radical (unpaired) electrons. The van der Waals surface area contributed by atoms with Crippen LogP contribution >= 0.6 is 0 Å². The lowest BCUT2D eigenvalue weighted by molar-refractivity contribution is 0.340. The summed E-state index contributed by atoms with van der Waals surface area (Å²) in [5.74, 6) is 1.30. The SMILES string of the molecule is CCOc1cccc(-c2cc(N)ncn2)c1. The number of nitrogens with zero attached hydrogens (tertiary/aromatic N) is 2. The molecule has 1 aromatic carbocycles. The van der Waals surface area contributed by atoms with E-state index in [9.17, 15) is 0 Å². The van der Waals surface area contributed by atoms with Crippen LogP contribution in [0.15, 0.2) is 36.7 Å². The third-order valence-corrected chi connectivity index (χ3v) is 2.13. The Morgan fingerprint density at radius 3 is 2.88 bits per heavy atom. The molecule has 82 valence electrons. The van der Waals surface area contributed by atoms with Crippen molar-refractivity contribution in [2.24, 2.45) is 0 Å². The monoisotopic (exact) mass is 215 g/mol. The molecule has 0 saturated carbocycles. The molecule has 0 fully saturated rings. The summed E-state index contributed by atoms with van der Waals surface area (Å²) in [5, 5.41) is 0. The first kappa shape index (κ1) is 10.4. The third-order valence-electron chi connectivity index (χ3n) is 2.13. The molecule has 1 aromatic heterocycles. The lowest BCUT2D eigenvalue weighted by atomic mass is 10.1. The van der Waals surface area contributed by atoms with E-state index < -0.39 is 0 Å². The van der Waals surface area contributed by atoms with E-state index in [1.54, 1.807) is 6.07 Å². The topological polar surface area (TPSA) is 61.0 Å². The predicted octanol–water partition coefficient (Wildman–Crippen LogP) is 2.12. The zero-order valence-corrected chi connectivity index (χ0v) is 9.05. The highest BCUT2D eigenvalue weighted by molar-refractivity contribution is 5.63. The summed E-state index contributed by atoms with van der Waals surface area (Å²) in [5.41, 5.74) is 7.38. The summed E-state index contributed by atoms with van der Waals surface area (Å²) in [4.78, 5) is 8.02. The van der Waals surface area contributed by atoms with Crippen molar-refractivity contribution >= 4 is 5.82 Å². The van der Waals surface area contributed by atoms with Gasteiger partial charge < -0.3 is 10.5 Å². The molecule has 2 rings (SSSR count). The summed E-state index contributed by atoms with van der Waals surface area (Å²) in [6, 6.07) is 9.48. The van der Waals surface area contributed by atoms with Crippen molar-refractivity contribution < 1.29 is 4.74 Å². The van der Waals surface area contributed by atoms with Crippen molar-refractivity contribution in [2.75, 3.05) is 12.3 Å². The molecule has 0 aliphatic heterocycles. The number of benzene rings is 1. The zero-order chi connectivity index (χ0) is 11.4. The molecule has 4 nitrogen and oxygen atoms in total. The molecule has 0 atom stereocenters. The fourth-order valence-corrected chi connectivity index (χ4v) is 1.44. The van der Waals surface area contributed by atoms with E-state index in [-0.39, 0.29) is 0 Å². The summed E-state index contributed by atoms with van der Waals surface area (Å²) in [7, 11) is 0. The number of rotatable bonds is 3. The summed E-state index contributed by atoms with van der Waals surface area (Å²) in [6.07, 6.45) is 1.46. The predicted molar refractivity (Wildman–Crippen MR) is 63.0 cm³/mol. The fourth-order valence-electron chi connectivity index (χ4n) is 1.44. The standard InChI is InChI=1S/C12H13N3O/c1-2-16-10-5-3-4-9(6-10)11-7-12(13)15-8-14-11/h3-8H,2H2,1H3,(H2,13,14,15). The van der Waals surface area contributed by atoms with E-state index in [4.69, 9.17) is 10.5 Å². The van der Waals surface area contributed by atoms with Gasteiger partial charge in [0.25, 0.3) is 0 Å². The van der Waals surface area contributed by atoms with Gasteiger partial charge in [0.15, 0.2) is 0 Å². The van der Waals surface area contributed by atoms with Gasteiger partial charge in [0.05, 0.1) is 12.3 Å². The van der Waals surface area contributed by atoms with Gasteiger partial charge in [-0.25, -0.2) is 9.97 Å². The second-order valence-electron chi connectivity index (χ2n) is 3.29. The van der Waals surface area contributed by atoms with Gasteiger partial charge >= 0.3 is 0 Å². The normalized spacial score (nSPS) is 10.1. The maximum absolute atomic E-state index is 5.61. The number of nitrogen functional groups attached to an aromatic ring is 1. The number of aromatic nitrogens is 2. The van der Waals surface area contributed by atoms with Gasteiger partial charge in [-0.1, -0.05) is 12.1 Å². The van der Waals surface area contributed by atoms with Gasteiger partial charge in [0.1, 0.15) is 17.9 Å². The number of nitrogens with two attached hydrogens (primary N) is 1. The van der Waals surface area contributed by atoms with Crippen LogP contribution in [0, 0.1) is 0 Å². The Kier molecular flexibility index (Phi) is 3.00. The highest BCUT2D eigenvalue weighted by Gasteiger charge is 2.01. The molecule has 0 aliphatic carbocycles. The lowest BCUT2D eigenvalue weighted by Crippen LogP contribution is -1.94. The Balaban J connectivity index is 2.36. The maximum atomic E-state index is 5.61. The summed E-state index contributed by atoms with van der Waals surface area (Å²) in [6.45, 7) is 2.60. The van der Waals surface area contributed by atoms with Crippen LogP contribution in [0.25, 0.3) is 11.3 Å². The Bertz CT molecular complexity index is 485. The van der Waals surface area contributed by atoms with Crippen molar-refractivity contribution in [2.45, 2.75) is 6.92 Å². The smallest absolute Gasteiger partial charge is 0.127 e. The molecule has 2 aromatic rings. The quantitative estimate of drug-likeness (QED) is 0.851. The summed E-state index contributed by atoms with van der Waals surface area (Å²) >= 11 is 0. The highest BCUT2D eigenvalue weighted by Crippen LogP contribution is 2.22. The van der Waals surface area contributed by atoms with Crippen LogP contribution in [0.2, 0.25) is 0 Å². The van der Waals surface area contributed by atoms with Gasteiger partial charge in [-0.2, -0.15) is 0 Å².